The number of nitro groups is 1. The van der Waals surface area contributed by atoms with Crippen LogP contribution in [0.3, 0.4) is 0 Å². The van der Waals surface area contributed by atoms with Crippen LogP contribution in [0.15, 0.2) is 24.3 Å². The number of hydrogen-bond acceptors (Lipinski definition) is 7. The molecule has 1 unspecified atom stereocenters. The van der Waals surface area contributed by atoms with Crippen LogP contribution in [0.25, 0.3) is 0 Å². The third-order valence-corrected chi connectivity index (χ3v) is 3.00. The second-order valence-electron chi connectivity index (χ2n) is 4.33. The largest absolute Gasteiger partial charge is 0.481 e. The number of ether oxygens (including phenoxy) is 2. The smallest absolute Gasteiger partial charge is 0.277 e. The van der Waals surface area contributed by atoms with Gasteiger partial charge in [-0.25, -0.2) is 4.39 Å². The van der Waals surface area contributed by atoms with E-state index >= 15 is 0 Å². The Morgan fingerprint density at radius 3 is 2.35 bits per heavy atom. The second-order valence-corrected chi connectivity index (χ2v) is 4.33. The van der Waals surface area contributed by atoms with E-state index in [9.17, 15) is 19.8 Å². The second kappa shape index (κ2) is 6.65. The third kappa shape index (κ3) is 3.32. The van der Waals surface area contributed by atoms with Gasteiger partial charge in [-0.1, -0.05) is 0 Å². The highest BCUT2D eigenvalue weighted by molar-refractivity contribution is 5.48. The summed E-state index contributed by atoms with van der Waals surface area (Å²) in [6, 6.07) is 6.23. The Labute approximate surface area is 130 Å². The van der Waals surface area contributed by atoms with Crippen LogP contribution < -0.4 is 9.47 Å². The SMILES string of the molecule is COc1cc(OC)nc(C(C#N)c2ccc(F)cc2[N+](=O)[O-])n1. The van der Waals surface area contributed by atoms with Gasteiger partial charge in [-0.3, -0.25) is 10.1 Å². The number of nitriles is 1. The normalized spacial score (nSPS) is 11.4. The minimum Gasteiger partial charge on any atom is -0.481 e. The standard InChI is InChI=1S/C14H11FN4O4/c1-22-12-6-13(23-2)18-14(17-12)10(7-16)9-4-3-8(15)5-11(9)19(20)21/h3-6,10H,1-2H3. The number of benzene rings is 1. The van der Waals surface area contributed by atoms with Crippen molar-refractivity contribution in [3.63, 3.8) is 0 Å². The summed E-state index contributed by atoms with van der Waals surface area (Å²) >= 11 is 0. The van der Waals surface area contributed by atoms with Crippen LogP contribution in [0.2, 0.25) is 0 Å². The molecule has 0 aliphatic heterocycles. The molecular weight excluding hydrogens is 307 g/mol. The van der Waals surface area contributed by atoms with Crippen LogP contribution in [0, 0.1) is 27.3 Å². The fraction of sp³-hybridized carbons (Fsp3) is 0.214. The van der Waals surface area contributed by atoms with Crippen molar-refractivity contribution in [3.05, 3.63) is 51.6 Å². The van der Waals surface area contributed by atoms with Gasteiger partial charge in [0, 0.05) is 0 Å². The maximum Gasteiger partial charge on any atom is 0.277 e. The molecule has 0 spiro atoms. The lowest BCUT2D eigenvalue weighted by molar-refractivity contribution is -0.385. The molecule has 8 nitrogen and oxygen atoms in total. The Morgan fingerprint density at radius 2 is 1.87 bits per heavy atom. The lowest BCUT2D eigenvalue weighted by atomic mass is 9.97. The van der Waals surface area contributed by atoms with Gasteiger partial charge in [-0.2, -0.15) is 15.2 Å². The van der Waals surface area contributed by atoms with Crippen molar-refractivity contribution < 1.29 is 18.8 Å². The molecule has 1 aromatic heterocycles. The van der Waals surface area contributed by atoms with Crippen molar-refractivity contribution in [2.24, 2.45) is 0 Å². The number of hydrogen-bond donors (Lipinski definition) is 0. The first-order valence-corrected chi connectivity index (χ1v) is 6.30. The molecule has 0 bridgehead atoms. The topological polar surface area (TPSA) is 111 Å². The fourth-order valence-electron chi connectivity index (χ4n) is 1.94. The number of halogens is 1. The van der Waals surface area contributed by atoms with E-state index < -0.39 is 22.3 Å². The van der Waals surface area contributed by atoms with Crippen LogP contribution in [0.5, 0.6) is 11.8 Å². The average Bonchev–Trinajstić information content (AvgIpc) is 2.56. The number of methoxy groups -OCH3 is 2. The first kappa shape index (κ1) is 16.1. The zero-order valence-electron chi connectivity index (χ0n) is 12.2. The molecule has 0 saturated carbocycles. The summed E-state index contributed by atoms with van der Waals surface area (Å²) in [7, 11) is 2.74. The van der Waals surface area contributed by atoms with Gasteiger partial charge >= 0.3 is 0 Å². The third-order valence-electron chi connectivity index (χ3n) is 3.00. The molecule has 1 heterocycles. The molecule has 9 heteroatoms. The molecule has 0 radical (unpaired) electrons. The zero-order valence-corrected chi connectivity index (χ0v) is 12.2. The first-order valence-electron chi connectivity index (χ1n) is 6.30. The van der Waals surface area contributed by atoms with Crippen LogP contribution >= 0.6 is 0 Å². The van der Waals surface area contributed by atoms with E-state index in [1.807, 2.05) is 6.07 Å². The van der Waals surface area contributed by atoms with Gasteiger partial charge < -0.3 is 9.47 Å². The summed E-state index contributed by atoms with van der Waals surface area (Å²) in [6.07, 6.45) is 0. The highest BCUT2D eigenvalue weighted by Crippen LogP contribution is 2.32. The molecule has 0 aliphatic rings. The minimum absolute atomic E-state index is 0.0193. The van der Waals surface area contributed by atoms with E-state index in [2.05, 4.69) is 9.97 Å². The predicted molar refractivity (Wildman–Crippen MR) is 75.6 cm³/mol. The van der Waals surface area contributed by atoms with Crippen molar-refractivity contribution in [3.8, 4) is 17.8 Å². The lowest BCUT2D eigenvalue weighted by Gasteiger charge is -2.11. The van der Waals surface area contributed by atoms with Crippen LogP contribution in [-0.2, 0) is 0 Å². The van der Waals surface area contributed by atoms with Gasteiger partial charge in [-0.15, -0.1) is 0 Å². The first-order chi connectivity index (χ1) is 11.0. The van der Waals surface area contributed by atoms with Crippen LogP contribution in [-0.4, -0.2) is 29.1 Å². The summed E-state index contributed by atoms with van der Waals surface area (Å²) in [6.45, 7) is 0. The molecule has 0 aliphatic carbocycles. The fourth-order valence-corrected chi connectivity index (χ4v) is 1.94. The molecular formula is C14H11FN4O4. The summed E-state index contributed by atoms with van der Waals surface area (Å²) in [4.78, 5) is 18.4. The van der Waals surface area contributed by atoms with E-state index in [1.54, 1.807) is 0 Å². The molecule has 1 aromatic carbocycles. The van der Waals surface area contributed by atoms with Crippen molar-refractivity contribution in [1.82, 2.24) is 9.97 Å². The van der Waals surface area contributed by atoms with E-state index in [-0.39, 0.29) is 23.1 Å². The molecule has 0 fully saturated rings. The molecule has 118 valence electrons. The van der Waals surface area contributed by atoms with E-state index in [0.717, 1.165) is 18.2 Å². The maximum atomic E-state index is 13.3. The molecule has 23 heavy (non-hydrogen) atoms. The molecule has 0 amide bonds. The van der Waals surface area contributed by atoms with Crippen molar-refractivity contribution in [1.29, 1.82) is 5.26 Å². The van der Waals surface area contributed by atoms with Crippen LogP contribution in [0.1, 0.15) is 17.3 Å². The monoisotopic (exact) mass is 318 g/mol. The highest BCUT2D eigenvalue weighted by Gasteiger charge is 2.27. The predicted octanol–water partition coefficient (Wildman–Crippen LogP) is 2.20. The number of nitro benzene ring substituents is 1. The molecule has 2 aromatic rings. The van der Waals surface area contributed by atoms with Gasteiger partial charge in [0.05, 0.1) is 42.9 Å². The van der Waals surface area contributed by atoms with Gasteiger partial charge in [0.2, 0.25) is 11.8 Å². The Hall–Kier alpha value is -3.28. The van der Waals surface area contributed by atoms with Crippen LogP contribution in [0.4, 0.5) is 10.1 Å². The van der Waals surface area contributed by atoms with E-state index in [4.69, 9.17) is 9.47 Å². The number of rotatable bonds is 5. The lowest BCUT2D eigenvalue weighted by Crippen LogP contribution is -2.09. The Bertz CT molecular complexity index is 769. The minimum atomic E-state index is -1.18. The molecule has 2 rings (SSSR count). The number of aromatic nitrogens is 2. The van der Waals surface area contributed by atoms with Crippen molar-refractivity contribution >= 4 is 5.69 Å². The maximum absolute atomic E-state index is 13.3. The number of nitrogens with zero attached hydrogens (tertiary/aromatic N) is 4. The molecule has 0 saturated heterocycles. The zero-order chi connectivity index (χ0) is 17.0. The summed E-state index contributed by atoms with van der Waals surface area (Å²) < 4.78 is 23.2. The van der Waals surface area contributed by atoms with E-state index in [1.165, 1.54) is 20.3 Å². The highest BCUT2D eigenvalue weighted by atomic mass is 19.1. The average molecular weight is 318 g/mol. The Kier molecular flexibility index (Phi) is 4.66. The van der Waals surface area contributed by atoms with Gasteiger partial charge in [-0.05, 0) is 12.1 Å². The Balaban J connectivity index is 2.62. The molecule has 1 atom stereocenters. The van der Waals surface area contributed by atoms with Gasteiger partial charge in [0.1, 0.15) is 11.7 Å². The van der Waals surface area contributed by atoms with Gasteiger partial charge in [0.25, 0.3) is 5.69 Å². The van der Waals surface area contributed by atoms with E-state index in [0.29, 0.717) is 0 Å². The van der Waals surface area contributed by atoms with Crippen molar-refractivity contribution in [2.75, 3.05) is 14.2 Å². The summed E-state index contributed by atoms with van der Waals surface area (Å²) in [5.74, 6) is -1.73. The molecule has 0 N–H and O–H groups in total. The van der Waals surface area contributed by atoms with Gasteiger partial charge in [0.15, 0.2) is 5.82 Å². The summed E-state index contributed by atoms with van der Waals surface area (Å²) in [5, 5.41) is 20.5. The summed E-state index contributed by atoms with van der Waals surface area (Å²) in [5.41, 5.74) is -0.545. The quantitative estimate of drug-likeness (QED) is 0.613. The Morgan fingerprint density at radius 1 is 1.26 bits per heavy atom. The van der Waals surface area contributed by atoms with Crippen molar-refractivity contribution in [2.45, 2.75) is 5.92 Å².